The molecule has 1 atom stereocenters. The van der Waals surface area contributed by atoms with Gasteiger partial charge in [0.15, 0.2) is 11.5 Å². The first-order valence-corrected chi connectivity index (χ1v) is 12.8. The molecule has 2 aromatic heterocycles. The Morgan fingerprint density at radius 1 is 1.16 bits per heavy atom. The maximum absolute atomic E-state index is 13.7. The van der Waals surface area contributed by atoms with Crippen LogP contribution in [0.3, 0.4) is 0 Å². The number of methoxy groups -OCH3 is 2. The molecule has 1 unspecified atom stereocenters. The third-order valence-corrected chi connectivity index (χ3v) is 6.65. The van der Waals surface area contributed by atoms with Gasteiger partial charge in [-0.25, -0.2) is 14.8 Å². The number of halogens is 3. The second-order valence-electron chi connectivity index (χ2n) is 9.49. The zero-order valence-corrected chi connectivity index (χ0v) is 23.3. The van der Waals surface area contributed by atoms with Crippen molar-refractivity contribution >= 4 is 34.4 Å². The number of carbonyl (C=O) groups is 3. The zero-order chi connectivity index (χ0) is 31.6. The van der Waals surface area contributed by atoms with Crippen LogP contribution in [-0.2, 0) is 27.0 Å². The zero-order valence-electron chi connectivity index (χ0n) is 23.3. The number of nitrogens with one attached hydrogen (secondary N) is 1. The fourth-order valence-electron chi connectivity index (χ4n) is 4.62. The van der Waals surface area contributed by atoms with Crippen molar-refractivity contribution in [3.63, 3.8) is 0 Å². The van der Waals surface area contributed by atoms with Crippen LogP contribution in [0.25, 0.3) is 22.4 Å². The van der Waals surface area contributed by atoms with Gasteiger partial charge in [0, 0.05) is 29.7 Å². The van der Waals surface area contributed by atoms with Crippen LogP contribution in [0, 0.1) is 5.41 Å². The van der Waals surface area contributed by atoms with Crippen molar-refractivity contribution in [1.29, 1.82) is 5.41 Å². The van der Waals surface area contributed by atoms with Crippen LogP contribution < -0.4 is 16.2 Å². The molecule has 0 spiro atoms. The van der Waals surface area contributed by atoms with E-state index in [0.29, 0.717) is 0 Å². The van der Waals surface area contributed by atoms with E-state index in [4.69, 9.17) is 30.8 Å². The molecule has 3 aromatic rings. The number of rotatable bonds is 7. The van der Waals surface area contributed by atoms with Gasteiger partial charge in [0.25, 0.3) is 11.8 Å². The number of nitrogens with two attached hydrogens (primary N) is 2. The predicted octanol–water partition coefficient (Wildman–Crippen LogP) is 2.08. The molecule has 1 aliphatic rings. The largest absolute Gasteiger partial charge is 0.494 e. The number of allylic oxidation sites excluding steroid dienone is 1. The Labute approximate surface area is 242 Å². The summed E-state index contributed by atoms with van der Waals surface area (Å²) in [4.78, 5) is 49.6. The number of piperazine rings is 1. The van der Waals surface area contributed by atoms with Crippen LogP contribution in [0.2, 0.25) is 0 Å². The number of oxazole rings is 1. The highest BCUT2D eigenvalue weighted by Crippen LogP contribution is 2.37. The molecule has 1 aromatic carbocycles. The SMILES string of the molecule is COC(=O)C1CN(C(=O)C(=N)/C=C(/C)N)CCN1C(=O)c1nc(-c2ccc(OC)c3nc(C(F)(F)F)ccc23)oc1CN. The first kappa shape index (κ1) is 31.0. The Morgan fingerprint density at radius 3 is 2.49 bits per heavy atom. The lowest BCUT2D eigenvalue weighted by Crippen LogP contribution is -2.60. The Kier molecular flexibility index (Phi) is 8.70. The maximum atomic E-state index is 13.7. The number of alkyl halides is 3. The number of aromatic nitrogens is 2. The minimum Gasteiger partial charge on any atom is -0.494 e. The van der Waals surface area contributed by atoms with Gasteiger partial charge in [-0.1, -0.05) is 0 Å². The van der Waals surface area contributed by atoms with Crippen molar-refractivity contribution in [2.45, 2.75) is 25.7 Å². The van der Waals surface area contributed by atoms with E-state index in [1.54, 1.807) is 0 Å². The van der Waals surface area contributed by atoms with Gasteiger partial charge in [-0.3, -0.25) is 15.0 Å². The highest BCUT2D eigenvalue weighted by Gasteiger charge is 2.40. The van der Waals surface area contributed by atoms with Crippen molar-refractivity contribution in [3.05, 3.63) is 53.2 Å². The molecule has 0 radical (unpaired) electrons. The second kappa shape index (κ2) is 12.1. The van der Waals surface area contributed by atoms with Crippen molar-refractivity contribution in [1.82, 2.24) is 19.8 Å². The number of hydrogen-bond donors (Lipinski definition) is 3. The lowest BCUT2D eigenvalue weighted by Gasteiger charge is -2.39. The van der Waals surface area contributed by atoms with E-state index in [0.717, 1.165) is 18.1 Å². The third kappa shape index (κ3) is 6.13. The number of nitrogens with zero attached hydrogens (tertiary/aromatic N) is 4. The maximum Gasteiger partial charge on any atom is 0.433 e. The minimum atomic E-state index is -4.70. The number of amides is 2. The van der Waals surface area contributed by atoms with Gasteiger partial charge in [0.2, 0.25) is 5.89 Å². The minimum absolute atomic E-state index is 0.0170. The molecule has 0 saturated carbocycles. The number of esters is 1. The average Bonchev–Trinajstić information content (AvgIpc) is 3.42. The predicted molar refractivity (Wildman–Crippen MR) is 146 cm³/mol. The topological polar surface area (TPSA) is 191 Å². The number of carbonyl (C=O) groups excluding carboxylic acids is 3. The van der Waals surface area contributed by atoms with Gasteiger partial charge < -0.3 is 35.2 Å². The lowest BCUT2D eigenvalue weighted by molar-refractivity contribution is -0.149. The first-order valence-electron chi connectivity index (χ1n) is 12.8. The quantitative estimate of drug-likeness (QED) is 0.266. The molecule has 3 heterocycles. The molecule has 13 nitrogen and oxygen atoms in total. The molecule has 4 rings (SSSR count). The van der Waals surface area contributed by atoms with Crippen LogP contribution >= 0.6 is 0 Å². The molecule has 0 bridgehead atoms. The summed E-state index contributed by atoms with van der Waals surface area (Å²) in [5.74, 6) is -2.35. The summed E-state index contributed by atoms with van der Waals surface area (Å²) in [5.41, 5.74) is 10.0. The highest BCUT2D eigenvalue weighted by molar-refractivity contribution is 6.42. The van der Waals surface area contributed by atoms with Crippen LogP contribution in [0.5, 0.6) is 5.75 Å². The normalized spacial score (nSPS) is 15.9. The summed E-state index contributed by atoms with van der Waals surface area (Å²) in [6, 6.07) is 3.63. The Bertz CT molecular complexity index is 1630. The van der Waals surface area contributed by atoms with Crippen molar-refractivity contribution in [2.24, 2.45) is 11.5 Å². The molecule has 1 aliphatic heterocycles. The third-order valence-electron chi connectivity index (χ3n) is 6.65. The summed E-state index contributed by atoms with van der Waals surface area (Å²) in [7, 11) is 2.41. The number of hydrogen-bond acceptors (Lipinski definition) is 11. The van der Waals surface area contributed by atoms with Gasteiger partial charge >= 0.3 is 12.1 Å². The lowest BCUT2D eigenvalue weighted by atomic mass is 10.1. The monoisotopic (exact) mass is 603 g/mol. The standard InChI is InChI=1S/C27H28F3N7O6/c1-13(32)10-16(33)24(38)36-8-9-37(17(12-36)26(40)42-3)25(39)22-19(11-31)43-23(35-22)15-4-6-18(41-2)21-14(15)5-7-20(34-21)27(28,29)30/h4-7,10,17,33H,8-9,11-12,31-32H2,1-3H3/b13-10-,33-16?. The molecule has 1 saturated heterocycles. The molecule has 1 fully saturated rings. The Hall–Kier alpha value is -4.99. The van der Waals surface area contributed by atoms with Gasteiger partial charge in [-0.15, -0.1) is 0 Å². The molecule has 2 amide bonds. The van der Waals surface area contributed by atoms with E-state index in [1.807, 2.05) is 0 Å². The highest BCUT2D eigenvalue weighted by atomic mass is 19.4. The van der Waals surface area contributed by atoms with E-state index >= 15 is 0 Å². The second-order valence-corrected chi connectivity index (χ2v) is 9.49. The van der Waals surface area contributed by atoms with Gasteiger partial charge in [-0.2, -0.15) is 13.2 Å². The Balaban J connectivity index is 1.71. The summed E-state index contributed by atoms with van der Waals surface area (Å²) in [5, 5.41) is 8.17. The number of fused-ring (bicyclic) bond motifs is 1. The fourth-order valence-corrected chi connectivity index (χ4v) is 4.62. The molecular formula is C27H28F3N7O6. The molecular weight excluding hydrogens is 575 g/mol. The van der Waals surface area contributed by atoms with E-state index in [2.05, 4.69) is 9.97 Å². The van der Waals surface area contributed by atoms with Crippen molar-refractivity contribution in [3.8, 4) is 17.2 Å². The van der Waals surface area contributed by atoms with Crippen molar-refractivity contribution < 1.29 is 41.4 Å². The number of benzene rings is 1. The van der Waals surface area contributed by atoms with E-state index < -0.39 is 41.4 Å². The van der Waals surface area contributed by atoms with E-state index in [-0.39, 0.29) is 71.4 Å². The number of ether oxygens (including phenoxy) is 2. The van der Waals surface area contributed by atoms with Crippen LogP contribution in [0.15, 0.2) is 40.5 Å². The van der Waals surface area contributed by atoms with Gasteiger partial charge in [-0.05, 0) is 37.3 Å². The Morgan fingerprint density at radius 2 is 1.88 bits per heavy atom. The van der Waals surface area contributed by atoms with Crippen LogP contribution in [0.1, 0.15) is 28.9 Å². The summed E-state index contributed by atoms with van der Waals surface area (Å²) < 4.78 is 55.9. The molecule has 16 heteroatoms. The summed E-state index contributed by atoms with van der Waals surface area (Å²) in [6.07, 6.45) is -3.52. The average molecular weight is 604 g/mol. The van der Waals surface area contributed by atoms with Gasteiger partial charge in [0.1, 0.15) is 28.7 Å². The molecule has 0 aliphatic carbocycles. The van der Waals surface area contributed by atoms with Crippen molar-refractivity contribution in [2.75, 3.05) is 33.9 Å². The van der Waals surface area contributed by atoms with Crippen LogP contribution in [-0.4, -0.2) is 83.2 Å². The summed E-state index contributed by atoms with van der Waals surface area (Å²) >= 11 is 0. The first-order chi connectivity index (χ1) is 20.3. The number of pyridine rings is 1. The molecule has 228 valence electrons. The summed E-state index contributed by atoms with van der Waals surface area (Å²) in [6.45, 7) is 0.835. The van der Waals surface area contributed by atoms with E-state index in [9.17, 15) is 27.6 Å². The van der Waals surface area contributed by atoms with Crippen LogP contribution in [0.4, 0.5) is 13.2 Å². The van der Waals surface area contributed by atoms with Gasteiger partial charge in [0.05, 0.1) is 27.3 Å². The van der Waals surface area contributed by atoms with E-state index in [1.165, 1.54) is 43.2 Å². The molecule has 43 heavy (non-hydrogen) atoms. The fraction of sp³-hybridized carbons (Fsp3) is 0.333. The smallest absolute Gasteiger partial charge is 0.433 e. The molecule has 5 N–H and O–H groups in total.